The maximum atomic E-state index is 2.31. The number of aryl methyl sites for hydroxylation is 5. The van der Waals surface area contributed by atoms with Crippen LogP contribution in [0.25, 0.3) is 0 Å². The van der Waals surface area contributed by atoms with E-state index in [4.69, 9.17) is 0 Å². The SMILES string of the molecule is Cc1ccc(C)c(CCc2ccccc2C)c1. The number of benzene rings is 2. The first-order valence-corrected chi connectivity index (χ1v) is 6.27. The van der Waals surface area contributed by atoms with Crippen LogP contribution in [0.1, 0.15) is 27.8 Å². The average molecular weight is 224 g/mol. The van der Waals surface area contributed by atoms with Crippen LogP contribution in [0.5, 0.6) is 0 Å². The van der Waals surface area contributed by atoms with Gasteiger partial charge in [0.05, 0.1) is 0 Å². The first kappa shape index (κ1) is 11.9. The molecule has 0 saturated carbocycles. The Labute approximate surface area is 104 Å². The summed E-state index contributed by atoms with van der Waals surface area (Å²) in [5, 5.41) is 0. The third-order valence-corrected chi connectivity index (χ3v) is 3.43. The van der Waals surface area contributed by atoms with Crippen LogP contribution in [0.2, 0.25) is 0 Å². The quantitative estimate of drug-likeness (QED) is 0.725. The lowest BCUT2D eigenvalue weighted by Gasteiger charge is -2.09. The molecule has 2 aromatic carbocycles. The second-order valence-corrected chi connectivity index (χ2v) is 4.86. The zero-order valence-corrected chi connectivity index (χ0v) is 11.0. The molecule has 0 heterocycles. The van der Waals surface area contributed by atoms with Crippen LogP contribution < -0.4 is 0 Å². The minimum Gasteiger partial charge on any atom is -0.0620 e. The third kappa shape index (κ3) is 2.97. The minimum absolute atomic E-state index is 1.14. The molecule has 0 bridgehead atoms. The Kier molecular flexibility index (Phi) is 3.63. The molecule has 0 radical (unpaired) electrons. The lowest BCUT2D eigenvalue weighted by atomic mass is 9.97. The van der Waals surface area contributed by atoms with Crippen LogP contribution in [-0.4, -0.2) is 0 Å². The van der Waals surface area contributed by atoms with E-state index in [0.717, 1.165) is 12.8 Å². The average Bonchev–Trinajstić information content (AvgIpc) is 2.32. The van der Waals surface area contributed by atoms with Crippen molar-refractivity contribution in [1.29, 1.82) is 0 Å². The summed E-state index contributed by atoms with van der Waals surface area (Å²) in [6.45, 7) is 6.56. The van der Waals surface area contributed by atoms with Gasteiger partial charge < -0.3 is 0 Å². The monoisotopic (exact) mass is 224 g/mol. The van der Waals surface area contributed by atoms with Crippen molar-refractivity contribution in [3.05, 3.63) is 70.3 Å². The van der Waals surface area contributed by atoms with Gasteiger partial charge in [-0.3, -0.25) is 0 Å². The molecule has 2 rings (SSSR count). The summed E-state index contributed by atoms with van der Waals surface area (Å²) >= 11 is 0. The van der Waals surface area contributed by atoms with E-state index in [9.17, 15) is 0 Å². The van der Waals surface area contributed by atoms with E-state index < -0.39 is 0 Å². The molecule has 0 N–H and O–H groups in total. The summed E-state index contributed by atoms with van der Waals surface area (Å²) in [5.41, 5.74) is 7.11. The molecule has 0 saturated heterocycles. The van der Waals surface area contributed by atoms with Gasteiger partial charge in [0.25, 0.3) is 0 Å². The summed E-state index contributed by atoms with van der Waals surface area (Å²) in [7, 11) is 0. The Morgan fingerprint density at radius 1 is 0.706 bits per heavy atom. The van der Waals surface area contributed by atoms with E-state index in [1.54, 1.807) is 0 Å². The summed E-state index contributed by atoms with van der Waals surface area (Å²) in [6.07, 6.45) is 2.27. The zero-order chi connectivity index (χ0) is 12.3. The van der Waals surface area contributed by atoms with Crippen molar-refractivity contribution in [2.75, 3.05) is 0 Å². The summed E-state index contributed by atoms with van der Waals surface area (Å²) in [4.78, 5) is 0. The molecule has 88 valence electrons. The zero-order valence-electron chi connectivity index (χ0n) is 11.0. The number of hydrogen-bond donors (Lipinski definition) is 0. The van der Waals surface area contributed by atoms with E-state index in [0.29, 0.717) is 0 Å². The molecule has 0 aliphatic carbocycles. The van der Waals surface area contributed by atoms with E-state index in [2.05, 4.69) is 63.2 Å². The van der Waals surface area contributed by atoms with Crippen LogP contribution in [0.4, 0.5) is 0 Å². The molecule has 0 aliphatic heterocycles. The van der Waals surface area contributed by atoms with E-state index in [1.165, 1.54) is 27.8 Å². The first-order chi connectivity index (χ1) is 8.16. The van der Waals surface area contributed by atoms with Gasteiger partial charge in [0.1, 0.15) is 0 Å². The standard InChI is InChI=1S/C17H20/c1-13-8-9-15(3)17(12-13)11-10-16-7-5-4-6-14(16)2/h4-9,12H,10-11H2,1-3H3. The smallest absolute Gasteiger partial charge is 0.0235 e. The lowest BCUT2D eigenvalue weighted by Crippen LogP contribution is -1.96. The van der Waals surface area contributed by atoms with Crippen molar-refractivity contribution in [1.82, 2.24) is 0 Å². The predicted molar refractivity (Wildman–Crippen MR) is 74.5 cm³/mol. The summed E-state index contributed by atoms with van der Waals surface area (Å²) in [6, 6.07) is 15.4. The first-order valence-electron chi connectivity index (χ1n) is 6.27. The van der Waals surface area contributed by atoms with Gasteiger partial charge in [-0.1, -0.05) is 48.0 Å². The molecular weight excluding hydrogens is 204 g/mol. The van der Waals surface area contributed by atoms with Gasteiger partial charge in [-0.15, -0.1) is 0 Å². The molecule has 0 atom stereocenters. The minimum atomic E-state index is 1.14. The van der Waals surface area contributed by atoms with E-state index in [-0.39, 0.29) is 0 Å². The summed E-state index contributed by atoms with van der Waals surface area (Å²) in [5.74, 6) is 0. The highest BCUT2D eigenvalue weighted by Crippen LogP contribution is 2.15. The summed E-state index contributed by atoms with van der Waals surface area (Å²) < 4.78 is 0. The maximum Gasteiger partial charge on any atom is -0.0235 e. The fraction of sp³-hybridized carbons (Fsp3) is 0.294. The Balaban J connectivity index is 2.12. The van der Waals surface area contributed by atoms with Gasteiger partial charge in [-0.25, -0.2) is 0 Å². The van der Waals surface area contributed by atoms with Crippen LogP contribution in [0.3, 0.4) is 0 Å². The molecule has 0 unspecified atom stereocenters. The Bertz CT molecular complexity index is 509. The molecular formula is C17H20. The highest BCUT2D eigenvalue weighted by Gasteiger charge is 2.01. The van der Waals surface area contributed by atoms with E-state index in [1.807, 2.05) is 0 Å². The van der Waals surface area contributed by atoms with Crippen molar-refractivity contribution in [2.45, 2.75) is 33.6 Å². The molecule has 0 spiro atoms. The molecule has 0 heteroatoms. The molecule has 0 amide bonds. The van der Waals surface area contributed by atoms with Crippen molar-refractivity contribution in [3.8, 4) is 0 Å². The van der Waals surface area contributed by atoms with Crippen molar-refractivity contribution in [3.63, 3.8) is 0 Å². The van der Waals surface area contributed by atoms with Gasteiger partial charge in [-0.2, -0.15) is 0 Å². The van der Waals surface area contributed by atoms with Crippen molar-refractivity contribution < 1.29 is 0 Å². The fourth-order valence-electron chi connectivity index (χ4n) is 2.23. The molecule has 17 heavy (non-hydrogen) atoms. The van der Waals surface area contributed by atoms with Crippen LogP contribution in [0.15, 0.2) is 42.5 Å². The Morgan fingerprint density at radius 3 is 2.12 bits per heavy atom. The number of rotatable bonds is 3. The molecule has 0 aliphatic rings. The van der Waals surface area contributed by atoms with E-state index >= 15 is 0 Å². The van der Waals surface area contributed by atoms with Crippen molar-refractivity contribution >= 4 is 0 Å². The molecule has 2 aromatic rings. The maximum absolute atomic E-state index is 2.31. The number of hydrogen-bond acceptors (Lipinski definition) is 0. The van der Waals surface area contributed by atoms with Crippen LogP contribution >= 0.6 is 0 Å². The van der Waals surface area contributed by atoms with Gasteiger partial charge in [0, 0.05) is 0 Å². The third-order valence-electron chi connectivity index (χ3n) is 3.43. The highest BCUT2D eigenvalue weighted by molar-refractivity contribution is 5.32. The topological polar surface area (TPSA) is 0 Å². The Morgan fingerprint density at radius 2 is 1.35 bits per heavy atom. The molecule has 0 aromatic heterocycles. The predicted octanol–water partition coefficient (Wildman–Crippen LogP) is 4.40. The van der Waals surface area contributed by atoms with Crippen LogP contribution in [-0.2, 0) is 12.8 Å². The van der Waals surface area contributed by atoms with Gasteiger partial charge in [0.2, 0.25) is 0 Å². The van der Waals surface area contributed by atoms with Gasteiger partial charge in [-0.05, 0) is 55.9 Å². The molecule has 0 nitrogen and oxygen atoms in total. The van der Waals surface area contributed by atoms with Gasteiger partial charge in [0.15, 0.2) is 0 Å². The Hall–Kier alpha value is -1.56. The van der Waals surface area contributed by atoms with Gasteiger partial charge >= 0.3 is 0 Å². The lowest BCUT2D eigenvalue weighted by molar-refractivity contribution is 0.937. The molecule has 0 fully saturated rings. The highest BCUT2D eigenvalue weighted by atomic mass is 14.1. The second-order valence-electron chi connectivity index (χ2n) is 4.86. The second kappa shape index (κ2) is 5.18. The normalized spacial score (nSPS) is 10.5. The van der Waals surface area contributed by atoms with Crippen LogP contribution in [0, 0.1) is 20.8 Å². The van der Waals surface area contributed by atoms with Crippen molar-refractivity contribution in [2.24, 2.45) is 0 Å². The fourth-order valence-corrected chi connectivity index (χ4v) is 2.23. The largest absolute Gasteiger partial charge is 0.0620 e.